The van der Waals surface area contributed by atoms with Crippen LogP contribution in [0.2, 0.25) is 0 Å². The Hall–Kier alpha value is -0.120. The maximum Gasteiger partial charge on any atom is 0.0695 e. The average molecular weight is 268 g/mol. The van der Waals surface area contributed by atoms with Crippen molar-refractivity contribution in [3.8, 4) is 0 Å². The first kappa shape index (κ1) is 15.3. The van der Waals surface area contributed by atoms with E-state index in [0.29, 0.717) is 12.1 Å². The molecule has 0 aromatic rings. The second-order valence-electron chi connectivity index (χ2n) is 7.25. The molecule has 0 aromatic heterocycles. The predicted molar refractivity (Wildman–Crippen MR) is 80.3 cm³/mol. The number of hydrogen-bond donors (Lipinski definition) is 1. The van der Waals surface area contributed by atoms with Gasteiger partial charge in [-0.05, 0) is 64.6 Å². The zero-order valence-corrected chi connectivity index (χ0v) is 13.2. The van der Waals surface area contributed by atoms with Crippen LogP contribution in [-0.2, 0) is 0 Å². The van der Waals surface area contributed by atoms with E-state index in [-0.39, 0.29) is 6.10 Å². The largest absolute Gasteiger partial charge is 0.391 e. The third-order valence-corrected chi connectivity index (χ3v) is 5.19. The Kier molecular flexibility index (Phi) is 5.27. The van der Waals surface area contributed by atoms with Gasteiger partial charge in [-0.1, -0.05) is 13.8 Å². The summed E-state index contributed by atoms with van der Waals surface area (Å²) < 4.78 is 0. The lowest BCUT2D eigenvalue weighted by molar-refractivity contribution is -0.0131. The average Bonchev–Trinajstić information content (AvgIpc) is 2.76. The number of nitrogens with zero attached hydrogens (tertiary/aromatic N) is 2. The Morgan fingerprint density at radius 2 is 1.95 bits per heavy atom. The number of hydrogen-bond acceptors (Lipinski definition) is 3. The molecule has 0 amide bonds. The van der Waals surface area contributed by atoms with Crippen molar-refractivity contribution in [1.29, 1.82) is 0 Å². The SMILES string of the molecule is CC(C)C1CCC(O)C(N2CCCC2CN(C)C)C1. The molecule has 112 valence electrons. The predicted octanol–water partition coefficient (Wildman–Crippen LogP) is 2.20. The zero-order valence-electron chi connectivity index (χ0n) is 13.2. The summed E-state index contributed by atoms with van der Waals surface area (Å²) in [5, 5.41) is 10.4. The number of aliphatic hydroxyl groups excluding tert-OH is 1. The van der Waals surface area contributed by atoms with Crippen LogP contribution in [-0.4, -0.2) is 60.3 Å². The fourth-order valence-electron chi connectivity index (χ4n) is 4.04. The standard InChI is InChI=1S/C16H32N2O/c1-12(2)13-7-8-16(19)15(10-13)18-9-5-6-14(18)11-17(3)4/h12-16,19H,5-11H2,1-4H3. The van der Waals surface area contributed by atoms with Crippen LogP contribution in [0.25, 0.3) is 0 Å². The van der Waals surface area contributed by atoms with Crippen LogP contribution in [0.4, 0.5) is 0 Å². The first-order chi connectivity index (χ1) is 8.99. The smallest absolute Gasteiger partial charge is 0.0695 e. The summed E-state index contributed by atoms with van der Waals surface area (Å²) in [6.45, 7) is 6.99. The summed E-state index contributed by atoms with van der Waals surface area (Å²) in [4.78, 5) is 4.91. The van der Waals surface area contributed by atoms with Crippen LogP contribution in [0.1, 0.15) is 46.0 Å². The molecule has 1 aliphatic carbocycles. The molecule has 0 aromatic carbocycles. The third-order valence-electron chi connectivity index (χ3n) is 5.19. The van der Waals surface area contributed by atoms with E-state index in [4.69, 9.17) is 0 Å². The van der Waals surface area contributed by atoms with Gasteiger partial charge in [-0.3, -0.25) is 4.90 Å². The van der Waals surface area contributed by atoms with Crippen LogP contribution in [0, 0.1) is 11.8 Å². The maximum atomic E-state index is 10.4. The molecule has 1 saturated heterocycles. The van der Waals surface area contributed by atoms with E-state index in [1.807, 2.05) is 0 Å². The first-order valence-electron chi connectivity index (χ1n) is 8.07. The highest BCUT2D eigenvalue weighted by Gasteiger charge is 2.39. The Morgan fingerprint density at radius 3 is 2.58 bits per heavy atom. The minimum Gasteiger partial charge on any atom is -0.391 e. The van der Waals surface area contributed by atoms with Crippen LogP contribution in [0.5, 0.6) is 0 Å². The molecule has 3 heteroatoms. The molecule has 1 N–H and O–H groups in total. The number of likely N-dealkylation sites (N-methyl/N-ethyl adjacent to an activating group) is 1. The van der Waals surface area contributed by atoms with Crippen LogP contribution < -0.4 is 0 Å². The van der Waals surface area contributed by atoms with Crippen molar-refractivity contribution in [1.82, 2.24) is 9.80 Å². The lowest BCUT2D eigenvalue weighted by Crippen LogP contribution is -2.52. The van der Waals surface area contributed by atoms with Gasteiger partial charge in [-0.15, -0.1) is 0 Å². The van der Waals surface area contributed by atoms with E-state index >= 15 is 0 Å². The van der Waals surface area contributed by atoms with Crippen molar-refractivity contribution >= 4 is 0 Å². The summed E-state index contributed by atoms with van der Waals surface area (Å²) >= 11 is 0. The lowest BCUT2D eigenvalue weighted by atomic mass is 9.77. The molecule has 0 radical (unpaired) electrons. The van der Waals surface area contributed by atoms with Gasteiger partial charge in [0.2, 0.25) is 0 Å². The molecule has 2 aliphatic rings. The minimum atomic E-state index is -0.0993. The van der Waals surface area contributed by atoms with E-state index in [0.717, 1.165) is 24.8 Å². The van der Waals surface area contributed by atoms with Gasteiger partial charge in [0.15, 0.2) is 0 Å². The van der Waals surface area contributed by atoms with Gasteiger partial charge < -0.3 is 10.0 Å². The Balaban J connectivity index is 2.01. The van der Waals surface area contributed by atoms with Gasteiger partial charge in [0.25, 0.3) is 0 Å². The highest BCUT2D eigenvalue weighted by atomic mass is 16.3. The molecule has 19 heavy (non-hydrogen) atoms. The molecular formula is C16H32N2O. The molecule has 2 rings (SSSR count). The summed E-state index contributed by atoms with van der Waals surface area (Å²) in [6, 6.07) is 1.06. The Morgan fingerprint density at radius 1 is 1.21 bits per heavy atom. The van der Waals surface area contributed by atoms with Crippen molar-refractivity contribution in [3.05, 3.63) is 0 Å². The second kappa shape index (κ2) is 6.55. The number of aliphatic hydroxyl groups is 1. The molecule has 4 atom stereocenters. The van der Waals surface area contributed by atoms with Crippen molar-refractivity contribution in [2.24, 2.45) is 11.8 Å². The Labute approximate surface area is 119 Å². The van der Waals surface area contributed by atoms with Gasteiger partial charge in [-0.2, -0.15) is 0 Å². The molecule has 0 spiro atoms. The maximum absolute atomic E-state index is 10.4. The first-order valence-corrected chi connectivity index (χ1v) is 8.07. The lowest BCUT2D eigenvalue weighted by Gasteiger charge is -2.43. The van der Waals surface area contributed by atoms with Gasteiger partial charge in [0.05, 0.1) is 6.10 Å². The molecular weight excluding hydrogens is 236 g/mol. The zero-order chi connectivity index (χ0) is 14.0. The number of rotatable bonds is 4. The molecule has 3 nitrogen and oxygen atoms in total. The molecule has 1 saturated carbocycles. The van der Waals surface area contributed by atoms with Gasteiger partial charge >= 0.3 is 0 Å². The summed E-state index contributed by atoms with van der Waals surface area (Å²) in [5.41, 5.74) is 0. The van der Waals surface area contributed by atoms with E-state index < -0.39 is 0 Å². The van der Waals surface area contributed by atoms with Crippen molar-refractivity contribution in [3.63, 3.8) is 0 Å². The topological polar surface area (TPSA) is 26.7 Å². The van der Waals surface area contributed by atoms with E-state index in [1.165, 1.54) is 32.2 Å². The number of likely N-dealkylation sites (tertiary alicyclic amines) is 1. The molecule has 2 fully saturated rings. The van der Waals surface area contributed by atoms with Crippen LogP contribution >= 0.6 is 0 Å². The second-order valence-corrected chi connectivity index (χ2v) is 7.25. The van der Waals surface area contributed by atoms with Crippen molar-refractivity contribution in [2.45, 2.75) is 64.1 Å². The highest BCUT2D eigenvalue weighted by molar-refractivity contribution is 4.93. The fourth-order valence-corrected chi connectivity index (χ4v) is 4.04. The van der Waals surface area contributed by atoms with Crippen molar-refractivity contribution in [2.75, 3.05) is 27.2 Å². The monoisotopic (exact) mass is 268 g/mol. The van der Waals surface area contributed by atoms with Crippen LogP contribution in [0.3, 0.4) is 0 Å². The third kappa shape index (κ3) is 3.71. The minimum absolute atomic E-state index is 0.0993. The normalized spacial score (nSPS) is 37.4. The van der Waals surface area contributed by atoms with Gasteiger partial charge in [-0.25, -0.2) is 0 Å². The highest BCUT2D eigenvalue weighted by Crippen LogP contribution is 2.35. The summed E-state index contributed by atoms with van der Waals surface area (Å²) in [7, 11) is 4.31. The Bertz CT molecular complexity index is 280. The van der Waals surface area contributed by atoms with Gasteiger partial charge in [0.1, 0.15) is 0 Å². The quantitative estimate of drug-likeness (QED) is 0.847. The van der Waals surface area contributed by atoms with Crippen LogP contribution in [0.15, 0.2) is 0 Å². The van der Waals surface area contributed by atoms with E-state index in [9.17, 15) is 5.11 Å². The molecule has 1 heterocycles. The van der Waals surface area contributed by atoms with E-state index in [1.54, 1.807) is 0 Å². The van der Waals surface area contributed by atoms with Crippen molar-refractivity contribution < 1.29 is 5.11 Å². The summed E-state index contributed by atoms with van der Waals surface area (Å²) in [6.07, 6.45) is 5.91. The molecule has 0 bridgehead atoms. The summed E-state index contributed by atoms with van der Waals surface area (Å²) in [5.74, 6) is 1.55. The van der Waals surface area contributed by atoms with Gasteiger partial charge in [0, 0.05) is 18.6 Å². The molecule has 4 unspecified atom stereocenters. The van der Waals surface area contributed by atoms with E-state index in [2.05, 4.69) is 37.7 Å². The fraction of sp³-hybridized carbons (Fsp3) is 1.00. The molecule has 1 aliphatic heterocycles.